The summed E-state index contributed by atoms with van der Waals surface area (Å²) in [6.07, 6.45) is -0.968. The molecule has 0 aromatic carbocycles. The number of amides is 2. The van der Waals surface area contributed by atoms with Gasteiger partial charge in [-0.2, -0.15) is 0 Å². The largest absolute Gasteiger partial charge is 0.481 e. The highest BCUT2D eigenvalue weighted by molar-refractivity contribution is 5.74. The molecule has 0 unspecified atom stereocenters. The van der Waals surface area contributed by atoms with E-state index in [1.54, 1.807) is 27.7 Å². The highest BCUT2D eigenvalue weighted by atomic mass is 16.6. The van der Waals surface area contributed by atoms with Crippen LogP contribution in [0.4, 0.5) is 9.59 Å². The van der Waals surface area contributed by atoms with Crippen molar-refractivity contribution in [1.82, 2.24) is 10.2 Å². The van der Waals surface area contributed by atoms with Crippen LogP contribution in [0.2, 0.25) is 0 Å². The van der Waals surface area contributed by atoms with E-state index in [9.17, 15) is 19.5 Å². The summed E-state index contributed by atoms with van der Waals surface area (Å²) >= 11 is 0. The fourth-order valence-corrected chi connectivity index (χ4v) is 2.20. The average molecular weight is 316 g/mol. The van der Waals surface area contributed by atoms with Gasteiger partial charge in [0.15, 0.2) is 0 Å². The number of aliphatic carboxylic acids is 1. The van der Waals surface area contributed by atoms with Gasteiger partial charge in [-0.15, -0.1) is 0 Å². The Balaban J connectivity index is 2.74. The molecule has 1 heterocycles. The molecular weight excluding hydrogens is 292 g/mol. The Hall–Kier alpha value is -1.99. The molecule has 0 spiro atoms. The maximum absolute atomic E-state index is 12.1. The molecule has 8 nitrogen and oxygen atoms in total. The predicted octanol–water partition coefficient (Wildman–Crippen LogP) is 1.44. The lowest BCUT2D eigenvalue weighted by atomic mass is 9.94. The standard InChI is InChI=1S/C14H24N2O6/c1-5-21-12(19)15-10-6-9(11(17)18)7-16(8-10)13(20)22-14(2,3)4/h9-10H,5-8H2,1-4H3,(H,15,19)(H,17,18)/t9-,10+/m1/s1. The topological polar surface area (TPSA) is 105 Å². The van der Waals surface area contributed by atoms with E-state index in [1.165, 1.54) is 4.90 Å². The minimum Gasteiger partial charge on any atom is -0.481 e. The van der Waals surface area contributed by atoms with Crippen LogP contribution in [0.5, 0.6) is 0 Å². The second-order valence-electron chi connectivity index (χ2n) is 6.22. The summed E-state index contributed by atoms with van der Waals surface area (Å²) in [5, 5.41) is 11.8. The smallest absolute Gasteiger partial charge is 0.410 e. The van der Waals surface area contributed by atoms with E-state index in [0.29, 0.717) is 0 Å². The molecule has 0 bridgehead atoms. The minimum absolute atomic E-state index is 0.0608. The molecule has 0 aromatic heterocycles. The van der Waals surface area contributed by atoms with Crippen LogP contribution < -0.4 is 5.32 Å². The van der Waals surface area contributed by atoms with Crippen LogP contribution in [-0.2, 0) is 14.3 Å². The minimum atomic E-state index is -1.01. The zero-order chi connectivity index (χ0) is 16.9. The van der Waals surface area contributed by atoms with E-state index in [4.69, 9.17) is 9.47 Å². The number of alkyl carbamates (subject to hydrolysis) is 1. The van der Waals surface area contributed by atoms with Crippen LogP contribution in [0.25, 0.3) is 0 Å². The number of ether oxygens (including phenoxy) is 2. The van der Waals surface area contributed by atoms with Gasteiger partial charge in [0.1, 0.15) is 5.60 Å². The summed E-state index contributed by atoms with van der Waals surface area (Å²) in [5.41, 5.74) is -0.669. The van der Waals surface area contributed by atoms with Crippen LogP contribution in [0.1, 0.15) is 34.1 Å². The van der Waals surface area contributed by atoms with Gasteiger partial charge in [-0.05, 0) is 34.1 Å². The first-order valence-corrected chi connectivity index (χ1v) is 7.26. The second-order valence-corrected chi connectivity index (χ2v) is 6.22. The Labute approximate surface area is 129 Å². The number of carbonyl (C=O) groups is 3. The fraction of sp³-hybridized carbons (Fsp3) is 0.786. The lowest BCUT2D eigenvalue weighted by Crippen LogP contribution is -2.54. The number of nitrogens with one attached hydrogen (secondary N) is 1. The number of nitrogens with zero attached hydrogens (tertiary/aromatic N) is 1. The average Bonchev–Trinajstić information content (AvgIpc) is 2.36. The van der Waals surface area contributed by atoms with Gasteiger partial charge in [0.25, 0.3) is 0 Å². The Morgan fingerprint density at radius 2 is 1.91 bits per heavy atom. The van der Waals surface area contributed by atoms with Crippen LogP contribution in [0.15, 0.2) is 0 Å². The van der Waals surface area contributed by atoms with Crippen molar-refractivity contribution in [1.29, 1.82) is 0 Å². The summed E-state index contributed by atoms with van der Waals surface area (Å²) < 4.78 is 10.0. The van der Waals surface area contributed by atoms with Gasteiger partial charge in [-0.1, -0.05) is 0 Å². The summed E-state index contributed by atoms with van der Waals surface area (Å²) in [7, 11) is 0. The number of carboxylic acids is 1. The van der Waals surface area contributed by atoms with E-state index in [1.807, 2.05) is 0 Å². The first-order valence-electron chi connectivity index (χ1n) is 7.26. The van der Waals surface area contributed by atoms with E-state index in [0.717, 1.165) is 0 Å². The van der Waals surface area contributed by atoms with Crippen molar-refractivity contribution < 1.29 is 29.0 Å². The third-order valence-corrected chi connectivity index (χ3v) is 3.05. The van der Waals surface area contributed by atoms with Gasteiger partial charge in [0.2, 0.25) is 0 Å². The van der Waals surface area contributed by atoms with Gasteiger partial charge in [0, 0.05) is 13.1 Å². The molecular formula is C14H24N2O6. The molecule has 1 aliphatic rings. The summed E-state index contributed by atoms with van der Waals surface area (Å²) in [5.74, 6) is -1.77. The number of piperidine rings is 1. The molecule has 2 N–H and O–H groups in total. The monoisotopic (exact) mass is 316 g/mol. The molecule has 0 radical (unpaired) electrons. The van der Waals surface area contributed by atoms with Crippen molar-refractivity contribution in [3.05, 3.63) is 0 Å². The summed E-state index contributed by atoms with van der Waals surface area (Å²) in [4.78, 5) is 36.1. The maximum atomic E-state index is 12.1. The molecule has 0 saturated carbocycles. The van der Waals surface area contributed by atoms with Gasteiger partial charge >= 0.3 is 18.2 Å². The molecule has 22 heavy (non-hydrogen) atoms. The van der Waals surface area contributed by atoms with Crippen molar-refractivity contribution in [2.75, 3.05) is 19.7 Å². The zero-order valence-corrected chi connectivity index (χ0v) is 13.4. The van der Waals surface area contributed by atoms with Gasteiger partial charge < -0.3 is 24.8 Å². The highest BCUT2D eigenvalue weighted by Crippen LogP contribution is 2.20. The van der Waals surface area contributed by atoms with Gasteiger partial charge in [-0.25, -0.2) is 9.59 Å². The lowest BCUT2D eigenvalue weighted by Gasteiger charge is -2.36. The third kappa shape index (κ3) is 5.79. The van der Waals surface area contributed by atoms with Crippen molar-refractivity contribution in [2.24, 2.45) is 5.92 Å². The number of hydrogen-bond acceptors (Lipinski definition) is 5. The lowest BCUT2D eigenvalue weighted by molar-refractivity contribution is -0.143. The molecule has 0 aromatic rings. The number of likely N-dealkylation sites (tertiary alicyclic amines) is 1. The van der Waals surface area contributed by atoms with E-state index < -0.39 is 35.7 Å². The maximum Gasteiger partial charge on any atom is 0.410 e. The number of carboxylic acid groups (broad SMARTS) is 1. The van der Waals surface area contributed by atoms with Crippen molar-refractivity contribution >= 4 is 18.2 Å². The van der Waals surface area contributed by atoms with E-state index in [2.05, 4.69) is 5.32 Å². The molecule has 1 rings (SSSR count). The quantitative estimate of drug-likeness (QED) is 0.816. The van der Waals surface area contributed by atoms with Gasteiger partial charge in [-0.3, -0.25) is 4.79 Å². The molecule has 2 amide bonds. The molecule has 0 aliphatic carbocycles. The predicted molar refractivity (Wildman–Crippen MR) is 77.5 cm³/mol. The van der Waals surface area contributed by atoms with Crippen molar-refractivity contribution in [2.45, 2.75) is 45.8 Å². The SMILES string of the molecule is CCOC(=O)N[C@H]1C[C@@H](C(=O)O)CN(C(=O)OC(C)(C)C)C1. The Morgan fingerprint density at radius 3 is 2.41 bits per heavy atom. The van der Waals surface area contributed by atoms with Crippen molar-refractivity contribution in [3.8, 4) is 0 Å². The normalized spacial score (nSPS) is 21.9. The molecule has 1 fully saturated rings. The summed E-state index contributed by atoms with van der Waals surface area (Å²) in [6, 6.07) is -0.485. The first kappa shape index (κ1) is 18.1. The molecule has 2 atom stereocenters. The second kappa shape index (κ2) is 7.33. The summed E-state index contributed by atoms with van der Waals surface area (Å²) in [6.45, 7) is 7.35. The van der Waals surface area contributed by atoms with E-state index >= 15 is 0 Å². The molecule has 8 heteroatoms. The van der Waals surface area contributed by atoms with E-state index in [-0.39, 0.29) is 26.1 Å². The highest BCUT2D eigenvalue weighted by Gasteiger charge is 2.36. The molecule has 126 valence electrons. The number of rotatable bonds is 3. The van der Waals surface area contributed by atoms with Crippen molar-refractivity contribution in [3.63, 3.8) is 0 Å². The van der Waals surface area contributed by atoms with Gasteiger partial charge in [0.05, 0.1) is 18.6 Å². The molecule has 1 aliphatic heterocycles. The van der Waals surface area contributed by atoms with Crippen LogP contribution >= 0.6 is 0 Å². The zero-order valence-electron chi connectivity index (χ0n) is 13.4. The number of hydrogen-bond donors (Lipinski definition) is 2. The Kier molecular flexibility index (Phi) is 6.01. The Bertz CT molecular complexity index is 432. The van der Waals surface area contributed by atoms with Crippen LogP contribution in [0, 0.1) is 5.92 Å². The third-order valence-electron chi connectivity index (χ3n) is 3.05. The first-order chi connectivity index (χ1) is 10.1. The van der Waals surface area contributed by atoms with Crippen LogP contribution in [0.3, 0.4) is 0 Å². The fourth-order valence-electron chi connectivity index (χ4n) is 2.20. The number of carbonyl (C=O) groups excluding carboxylic acids is 2. The van der Waals surface area contributed by atoms with Crippen LogP contribution in [-0.4, -0.2) is 59.5 Å². The Morgan fingerprint density at radius 1 is 1.27 bits per heavy atom. The molecule has 1 saturated heterocycles.